The van der Waals surface area contributed by atoms with Gasteiger partial charge in [-0.1, -0.05) is 18.2 Å². The summed E-state index contributed by atoms with van der Waals surface area (Å²) in [5.74, 6) is -5.13. The zero-order valence-corrected chi connectivity index (χ0v) is 17.3. The summed E-state index contributed by atoms with van der Waals surface area (Å²) in [6.07, 6.45) is 0.428. The third kappa shape index (κ3) is 3.90. The van der Waals surface area contributed by atoms with Crippen LogP contribution in [-0.4, -0.2) is 46.7 Å². The molecule has 0 radical (unpaired) electrons. The summed E-state index contributed by atoms with van der Waals surface area (Å²) in [4.78, 5) is 4.56. The zero-order chi connectivity index (χ0) is 22.3. The topological polar surface area (TPSA) is 48.5 Å². The van der Waals surface area contributed by atoms with E-state index >= 15 is 8.78 Å². The van der Waals surface area contributed by atoms with Crippen LogP contribution < -0.4 is 4.74 Å². The molecule has 4 nitrogen and oxygen atoms in total. The van der Waals surface area contributed by atoms with Gasteiger partial charge >= 0.3 is 0 Å². The summed E-state index contributed by atoms with van der Waals surface area (Å²) in [7, 11) is 0. The van der Waals surface area contributed by atoms with Crippen molar-refractivity contribution in [3.8, 4) is 5.75 Å². The fourth-order valence-corrected chi connectivity index (χ4v) is 4.45. The summed E-state index contributed by atoms with van der Waals surface area (Å²) in [6.45, 7) is 1.49. The van der Waals surface area contributed by atoms with Crippen LogP contribution >= 0.6 is 0 Å². The summed E-state index contributed by atoms with van der Waals surface area (Å²) < 4.78 is 64.1. The van der Waals surface area contributed by atoms with Gasteiger partial charge in [0.1, 0.15) is 24.0 Å². The van der Waals surface area contributed by atoms with Crippen molar-refractivity contribution >= 4 is 10.9 Å². The van der Waals surface area contributed by atoms with Crippen LogP contribution in [0.2, 0.25) is 0 Å². The number of hydrogen-bond acceptors (Lipinski definition) is 3. The van der Waals surface area contributed by atoms with Crippen molar-refractivity contribution in [3.63, 3.8) is 0 Å². The maximum Gasteiger partial charge on any atom is 0.283 e. The van der Waals surface area contributed by atoms with E-state index < -0.39 is 42.8 Å². The molecule has 0 fully saturated rings. The largest absolute Gasteiger partial charge is 0.494 e. The van der Waals surface area contributed by atoms with Crippen molar-refractivity contribution in [1.82, 2.24) is 9.88 Å². The lowest BCUT2D eigenvalue weighted by Gasteiger charge is -2.42. The van der Waals surface area contributed by atoms with Crippen LogP contribution in [0.1, 0.15) is 36.7 Å². The van der Waals surface area contributed by atoms with Gasteiger partial charge in [0.15, 0.2) is 0 Å². The van der Waals surface area contributed by atoms with Crippen molar-refractivity contribution in [2.24, 2.45) is 0 Å². The van der Waals surface area contributed by atoms with Crippen LogP contribution in [0.25, 0.3) is 10.9 Å². The molecule has 0 amide bonds. The fraction of sp³-hybridized carbons (Fsp3) is 0.391. The number of aliphatic hydroxyl groups excluding tert-OH is 1. The molecule has 4 rings (SSSR count). The number of fused-ring (bicyclic) bond motifs is 3. The van der Waals surface area contributed by atoms with Crippen molar-refractivity contribution in [1.29, 1.82) is 0 Å². The van der Waals surface area contributed by atoms with E-state index in [0.717, 1.165) is 28.6 Å². The highest BCUT2D eigenvalue weighted by molar-refractivity contribution is 5.85. The lowest BCUT2D eigenvalue weighted by atomic mass is 9.87. The van der Waals surface area contributed by atoms with E-state index in [-0.39, 0.29) is 17.9 Å². The Bertz CT molecular complexity index is 1080. The van der Waals surface area contributed by atoms with Gasteiger partial charge in [-0.05, 0) is 31.9 Å². The van der Waals surface area contributed by atoms with E-state index in [2.05, 4.69) is 4.98 Å². The van der Waals surface area contributed by atoms with Gasteiger partial charge in [-0.15, -0.1) is 0 Å². The number of ether oxygens (including phenoxy) is 1. The average Bonchev–Trinajstić information content (AvgIpc) is 3.08. The SMILES string of the molecule is CCOc1cc(F)c([C@@H]2c3[nH]c4ccccc4c3C[C@@H](C)N2CC(F)(F)CO)c(F)c1. The maximum absolute atomic E-state index is 15.2. The highest BCUT2D eigenvalue weighted by Gasteiger charge is 2.43. The van der Waals surface area contributed by atoms with Crippen molar-refractivity contribution in [3.05, 3.63) is 64.9 Å². The van der Waals surface area contributed by atoms with Crippen molar-refractivity contribution < 1.29 is 27.4 Å². The third-order valence-corrected chi connectivity index (χ3v) is 5.80. The first-order valence-corrected chi connectivity index (χ1v) is 10.2. The number of hydrogen-bond donors (Lipinski definition) is 2. The molecule has 0 spiro atoms. The van der Waals surface area contributed by atoms with Gasteiger partial charge in [-0.25, -0.2) is 17.6 Å². The highest BCUT2D eigenvalue weighted by Crippen LogP contribution is 2.43. The number of rotatable bonds is 6. The molecule has 2 atom stereocenters. The van der Waals surface area contributed by atoms with Crippen LogP contribution in [0.5, 0.6) is 5.75 Å². The molecule has 0 bridgehead atoms. The van der Waals surface area contributed by atoms with Crippen LogP contribution in [0.3, 0.4) is 0 Å². The predicted molar refractivity (Wildman–Crippen MR) is 110 cm³/mol. The van der Waals surface area contributed by atoms with E-state index in [1.165, 1.54) is 4.90 Å². The Hall–Kier alpha value is -2.58. The second-order valence-electron chi connectivity index (χ2n) is 7.94. The fourth-order valence-electron chi connectivity index (χ4n) is 4.45. The number of aliphatic hydroxyl groups is 1. The Balaban J connectivity index is 1.92. The van der Waals surface area contributed by atoms with E-state index in [0.29, 0.717) is 12.1 Å². The molecule has 2 heterocycles. The Morgan fingerprint density at radius 1 is 1.19 bits per heavy atom. The Kier molecular flexibility index (Phi) is 5.70. The van der Waals surface area contributed by atoms with Gasteiger partial charge in [0.25, 0.3) is 5.92 Å². The normalized spacial score (nSPS) is 19.6. The first-order chi connectivity index (χ1) is 14.8. The minimum absolute atomic E-state index is 0.0363. The number of benzene rings is 2. The van der Waals surface area contributed by atoms with Crippen LogP contribution in [-0.2, 0) is 6.42 Å². The molecular formula is C23H24F4N2O2. The smallest absolute Gasteiger partial charge is 0.283 e. The Morgan fingerprint density at radius 3 is 2.52 bits per heavy atom. The number of nitrogens with zero attached hydrogens (tertiary/aromatic N) is 1. The molecule has 0 aliphatic carbocycles. The Morgan fingerprint density at radius 2 is 1.87 bits per heavy atom. The van der Waals surface area contributed by atoms with E-state index in [1.54, 1.807) is 13.8 Å². The second kappa shape index (κ2) is 8.16. The van der Waals surface area contributed by atoms with Crippen LogP contribution in [0.4, 0.5) is 17.6 Å². The summed E-state index contributed by atoms with van der Waals surface area (Å²) in [5.41, 5.74) is 1.78. The van der Waals surface area contributed by atoms with Crippen LogP contribution in [0, 0.1) is 11.6 Å². The molecule has 166 valence electrons. The maximum atomic E-state index is 15.2. The van der Waals surface area contributed by atoms with E-state index in [4.69, 9.17) is 9.84 Å². The lowest BCUT2D eigenvalue weighted by Crippen LogP contribution is -2.49. The summed E-state index contributed by atoms with van der Waals surface area (Å²) >= 11 is 0. The van der Waals surface area contributed by atoms with Gasteiger partial charge in [0, 0.05) is 40.3 Å². The second-order valence-corrected chi connectivity index (χ2v) is 7.94. The molecule has 0 unspecified atom stereocenters. The molecule has 0 saturated heterocycles. The predicted octanol–water partition coefficient (Wildman–Crippen LogP) is 4.81. The molecule has 2 N–H and O–H groups in total. The number of H-pyrrole nitrogens is 1. The Labute approximate surface area is 177 Å². The minimum atomic E-state index is -3.42. The lowest BCUT2D eigenvalue weighted by molar-refractivity contribution is -0.0869. The number of para-hydroxylation sites is 1. The zero-order valence-electron chi connectivity index (χ0n) is 17.3. The number of aromatic nitrogens is 1. The molecule has 1 aliphatic heterocycles. The van der Waals surface area contributed by atoms with E-state index in [1.807, 2.05) is 24.3 Å². The monoisotopic (exact) mass is 436 g/mol. The number of halogens is 4. The molecule has 1 aromatic heterocycles. The number of nitrogens with one attached hydrogen (secondary N) is 1. The summed E-state index contributed by atoms with van der Waals surface area (Å²) in [6, 6.07) is 8.03. The standard InChI is InChI=1S/C23H24F4N2O2/c1-3-31-14-9-17(24)20(18(25)10-14)22-21-16(15-6-4-5-7-19(15)28-21)8-13(2)29(22)11-23(26,27)12-30/h4-7,9-10,13,22,28,30H,3,8,11-12H2,1-2H3/t13-,22-/m1/s1. The molecule has 0 saturated carbocycles. The molecule has 31 heavy (non-hydrogen) atoms. The molecule has 2 aromatic carbocycles. The van der Waals surface area contributed by atoms with Crippen molar-refractivity contribution in [2.45, 2.75) is 38.3 Å². The highest BCUT2D eigenvalue weighted by atomic mass is 19.3. The molecule has 8 heteroatoms. The number of alkyl halides is 2. The quantitative estimate of drug-likeness (QED) is 0.546. The first-order valence-electron chi connectivity index (χ1n) is 10.2. The van der Waals surface area contributed by atoms with Gasteiger partial charge in [0.2, 0.25) is 0 Å². The van der Waals surface area contributed by atoms with Gasteiger partial charge in [-0.2, -0.15) is 0 Å². The van der Waals surface area contributed by atoms with Crippen LogP contribution in [0.15, 0.2) is 36.4 Å². The molecule has 1 aliphatic rings. The van der Waals surface area contributed by atoms with E-state index in [9.17, 15) is 8.78 Å². The minimum Gasteiger partial charge on any atom is -0.494 e. The van der Waals surface area contributed by atoms with Gasteiger partial charge in [-0.3, -0.25) is 4.90 Å². The van der Waals surface area contributed by atoms with Gasteiger partial charge < -0.3 is 14.8 Å². The van der Waals surface area contributed by atoms with Crippen molar-refractivity contribution in [2.75, 3.05) is 19.8 Å². The molecule has 3 aromatic rings. The molecular weight excluding hydrogens is 412 g/mol. The first kappa shape index (κ1) is 21.6. The summed E-state index contributed by atoms with van der Waals surface area (Å²) in [5, 5.41) is 10.0. The third-order valence-electron chi connectivity index (χ3n) is 5.80. The average molecular weight is 436 g/mol. The van der Waals surface area contributed by atoms with Gasteiger partial charge in [0.05, 0.1) is 19.2 Å². The number of aromatic amines is 1.